The molecule has 0 aromatic heterocycles. The number of hydrogen-bond acceptors (Lipinski definition) is 2. The van der Waals surface area contributed by atoms with E-state index in [-0.39, 0.29) is 12.5 Å². The number of ether oxygens (including phenoxy) is 1. The number of hydrogen-bond donors (Lipinski definition) is 1. The minimum Gasteiger partial charge on any atom is -0.497 e. The summed E-state index contributed by atoms with van der Waals surface area (Å²) in [5, 5.41) is 10.3. The van der Waals surface area contributed by atoms with Gasteiger partial charge in [0.2, 0.25) is 0 Å². The summed E-state index contributed by atoms with van der Waals surface area (Å²) in [6.07, 6.45) is 0.758. The van der Waals surface area contributed by atoms with Crippen LogP contribution in [-0.2, 0) is 6.42 Å². The maximum atomic E-state index is 9.58. The molecular weight excluding hydrogens is 260 g/mol. The Morgan fingerprint density at radius 2 is 1.95 bits per heavy atom. The minimum absolute atomic E-state index is 0.0470. The second kappa shape index (κ2) is 6.60. The van der Waals surface area contributed by atoms with Crippen LogP contribution in [0.3, 0.4) is 0 Å². The molecule has 100 valence electrons. The standard InChI is InChI=1S/C16H17ClO2/c1-19-16-7-2-4-12(9-16)8-14(11-18)13-5-3-6-15(17)10-13/h2-7,9-10,14,18H,8,11H2,1H3. The van der Waals surface area contributed by atoms with E-state index in [0.717, 1.165) is 23.3 Å². The summed E-state index contributed by atoms with van der Waals surface area (Å²) in [7, 11) is 1.65. The van der Waals surface area contributed by atoms with E-state index in [4.69, 9.17) is 16.3 Å². The Balaban J connectivity index is 2.18. The second-order valence-corrected chi connectivity index (χ2v) is 4.93. The molecular formula is C16H17ClO2. The van der Waals surface area contributed by atoms with Gasteiger partial charge < -0.3 is 9.84 Å². The van der Waals surface area contributed by atoms with Crippen LogP contribution in [0.25, 0.3) is 0 Å². The van der Waals surface area contributed by atoms with Crippen LogP contribution in [0.5, 0.6) is 5.75 Å². The van der Waals surface area contributed by atoms with E-state index < -0.39 is 0 Å². The van der Waals surface area contributed by atoms with Gasteiger partial charge in [0, 0.05) is 10.9 Å². The molecule has 3 heteroatoms. The first-order chi connectivity index (χ1) is 9.22. The first kappa shape index (κ1) is 13.9. The molecule has 0 heterocycles. The van der Waals surface area contributed by atoms with Crippen LogP contribution >= 0.6 is 11.6 Å². The average molecular weight is 277 g/mol. The molecule has 1 unspecified atom stereocenters. The van der Waals surface area contributed by atoms with E-state index in [9.17, 15) is 5.11 Å². The zero-order valence-corrected chi connectivity index (χ0v) is 11.6. The van der Waals surface area contributed by atoms with Crippen molar-refractivity contribution in [3.8, 4) is 5.75 Å². The molecule has 0 bridgehead atoms. The molecule has 0 saturated heterocycles. The van der Waals surface area contributed by atoms with Crippen LogP contribution in [0.15, 0.2) is 48.5 Å². The summed E-state index contributed by atoms with van der Waals surface area (Å²) in [5.41, 5.74) is 2.19. The third-order valence-corrected chi connectivity index (χ3v) is 3.39. The summed E-state index contributed by atoms with van der Waals surface area (Å²) in [5.74, 6) is 0.881. The molecule has 0 amide bonds. The summed E-state index contributed by atoms with van der Waals surface area (Å²) >= 11 is 5.99. The zero-order chi connectivity index (χ0) is 13.7. The lowest BCUT2D eigenvalue weighted by molar-refractivity contribution is 0.264. The van der Waals surface area contributed by atoms with Crippen molar-refractivity contribution in [1.29, 1.82) is 0 Å². The largest absolute Gasteiger partial charge is 0.497 e. The number of aliphatic hydroxyl groups is 1. The van der Waals surface area contributed by atoms with E-state index in [1.54, 1.807) is 7.11 Å². The van der Waals surface area contributed by atoms with Gasteiger partial charge in [0.25, 0.3) is 0 Å². The van der Waals surface area contributed by atoms with Crippen LogP contribution in [0.2, 0.25) is 5.02 Å². The fourth-order valence-corrected chi connectivity index (χ4v) is 2.33. The Morgan fingerprint density at radius 1 is 1.16 bits per heavy atom. The summed E-state index contributed by atoms with van der Waals surface area (Å²) in [6, 6.07) is 15.5. The summed E-state index contributed by atoms with van der Waals surface area (Å²) in [6.45, 7) is 0.0948. The minimum atomic E-state index is 0.0470. The molecule has 1 atom stereocenters. The van der Waals surface area contributed by atoms with Crippen LogP contribution in [0.4, 0.5) is 0 Å². The molecule has 0 saturated carbocycles. The zero-order valence-electron chi connectivity index (χ0n) is 10.8. The molecule has 2 nitrogen and oxygen atoms in total. The van der Waals surface area contributed by atoms with Gasteiger partial charge in [-0.3, -0.25) is 0 Å². The van der Waals surface area contributed by atoms with Crippen molar-refractivity contribution >= 4 is 11.6 Å². The molecule has 0 spiro atoms. The first-order valence-electron chi connectivity index (χ1n) is 6.22. The van der Waals surface area contributed by atoms with Gasteiger partial charge in [-0.25, -0.2) is 0 Å². The van der Waals surface area contributed by atoms with Crippen molar-refractivity contribution in [3.05, 3.63) is 64.7 Å². The number of benzene rings is 2. The average Bonchev–Trinajstić information content (AvgIpc) is 2.45. The fourth-order valence-electron chi connectivity index (χ4n) is 2.13. The molecule has 0 aliphatic heterocycles. The highest BCUT2D eigenvalue weighted by Crippen LogP contribution is 2.24. The smallest absolute Gasteiger partial charge is 0.119 e. The summed E-state index contributed by atoms with van der Waals surface area (Å²) < 4.78 is 5.21. The van der Waals surface area contributed by atoms with Crippen molar-refractivity contribution in [3.63, 3.8) is 0 Å². The van der Waals surface area contributed by atoms with Gasteiger partial charge in [-0.15, -0.1) is 0 Å². The van der Waals surface area contributed by atoms with Crippen LogP contribution in [-0.4, -0.2) is 18.8 Å². The monoisotopic (exact) mass is 276 g/mol. The van der Waals surface area contributed by atoms with E-state index >= 15 is 0 Å². The van der Waals surface area contributed by atoms with Gasteiger partial charge in [0.05, 0.1) is 13.7 Å². The third-order valence-electron chi connectivity index (χ3n) is 3.16. The first-order valence-corrected chi connectivity index (χ1v) is 6.60. The topological polar surface area (TPSA) is 29.5 Å². The molecule has 0 fully saturated rings. The molecule has 19 heavy (non-hydrogen) atoms. The van der Waals surface area contributed by atoms with Gasteiger partial charge in [0.1, 0.15) is 5.75 Å². The van der Waals surface area contributed by atoms with Gasteiger partial charge >= 0.3 is 0 Å². The lowest BCUT2D eigenvalue weighted by Gasteiger charge is -2.15. The van der Waals surface area contributed by atoms with Crippen molar-refractivity contribution in [1.82, 2.24) is 0 Å². The van der Waals surface area contributed by atoms with Crippen LogP contribution in [0.1, 0.15) is 17.0 Å². The molecule has 0 radical (unpaired) electrons. The van der Waals surface area contributed by atoms with E-state index in [2.05, 4.69) is 0 Å². The van der Waals surface area contributed by atoms with Crippen LogP contribution in [0, 0.1) is 0 Å². The Hall–Kier alpha value is -1.51. The van der Waals surface area contributed by atoms with E-state index in [1.807, 2.05) is 48.5 Å². The number of methoxy groups -OCH3 is 1. The molecule has 0 aliphatic carbocycles. The summed E-state index contributed by atoms with van der Waals surface area (Å²) in [4.78, 5) is 0. The molecule has 0 aliphatic rings. The van der Waals surface area contributed by atoms with Crippen molar-refractivity contribution in [2.45, 2.75) is 12.3 Å². The number of halogens is 1. The van der Waals surface area contributed by atoms with Crippen LogP contribution < -0.4 is 4.74 Å². The van der Waals surface area contributed by atoms with Gasteiger partial charge in [0.15, 0.2) is 0 Å². The highest BCUT2D eigenvalue weighted by molar-refractivity contribution is 6.30. The maximum absolute atomic E-state index is 9.58. The highest BCUT2D eigenvalue weighted by Gasteiger charge is 2.12. The van der Waals surface area contributed by atoms with Crippen molar-refractivity contribution in [2.24, 2.45) is 0 Å². The Labute approximate surface area is 118 Å². The molecule has 2 aromatic carbocycles. The Morgan fingerprint density at radius 3 is 2.63 bits per heavy atom. The van der Waals surface area contributed by atoms with Gasteiger partial charge in [-0.1, -0.05) is 35.9 Å². The quantitative estimate of drug-likeness (QED) is 0.903. The molecule has 1 N–H and O–H groups in total. The van der Waals surface area contributed by atoms with E-state index in [0.29, 0.717) is 5.02 Å². The molecule has 2 rings (SSSR count). The van der Waals surface area contributed by atoms with Gasteiger partial charge in [-0.2, -0.15) is 0 Å². The van der Waals surface area contributed by atoms with E-state index in [1.165, 1.54) is 0 Å². The normalized spacial score (nSPS) is 12.2. The highest BCUT2D eigenvalue weighted by atomic mass is 35.5. The Bertz CT molecular complexity index is 540. The predicted octanol–water partition coefficient (Wildman–Crippen LogP) is 3.67. The van der Waals surface area contributed by atoms with Crippen molar-refractivity contribution in [2.75, 3.05) is 13.7 Å². The second-order valence-electron chi connectivity index (χ2n) is 4.49. The maximum Gasteiger partial charge on any atom is 0.119 e. The lowest BCUT2D eigenvalue weighted by atomic mass is 9.93. The Kier molecular flexibility index (Phi) is 4.83. The third kappa shape index (κ3) is 3.72. The molecule has 2 aromatic rings. The van der Waals surface area contributed by atoms with Gasteiger partial charge in [-0.05, 0) is 41.8 Å². The lowest BCUT2D eigenvalue weighted by Crippen LogP contribution is -2.07. The SMILES string of the molecule is COc1cccc(CC(CO)c2cccc(Cl)c2)c1. The number of rotatable bonds is 5. The predicted molar refractivity (Wildman–Crippen MR) is 78.0 cm³/mol. The number of aliphatic hydroxyl groups excluding tert-OH is 1. The van der Waals surface area contributed by atoms with Crippen molar-refractivity contribution < 1.29 is 9.84 Å². The fraction of sp³-hybridized carbons (Fsp3) is 0.250.